The van der Waals surface area contributed by atoms with Crippen molar-refractivity contribution in [3.05, 3.63) is 30.1 Å². The third kappa shape index (κ3) is 7.93. The fourth-order valence-corrected chi connectivity index (χ4v) is 1.65. The van der Waals surface area contributed by atoms with E-state index in [-0.39, 0.29) is 11.6 Å². The Labute approximate surface area is 116 Å². The first kappa shape index (κ1) is 16.1. The van der Waals surface area contributed by atoms with Gasteiger partial charge in [0.05, 0.1) is 19.3 Å². The largest absolute Gasteiger partial charge is 0.382 e. The Balaban J connectivity index is 2.29. The Morgan fingerprint density at radius 1 is 1.32 bits per heavy atom. The minimum atomic E-state index is 0.0768. The third-order valence-electron chi connectivity index (χ3n) is 2.65. The van der Waals surface area contributed by atoms with Crippen molar-refractivity contribution in [2.24, 2.45) is 0 Å². The van der Waals surface area contributed by atoms with E-state index in [0.29, 0.717) is 13.2 Å². The van der Waals surface area contributed by atoms with E-state index < -0.39 is 0 Å². The molecule has 0 aliphatic rings. The second-order valence-electron chi connectivity index (χ2n) is 5.65. The molecular formula is C15H26N2O2. The van der Waals surface area contributed by atoms with Crippen LogP contribution in [0, 0.1) is 0 Å². The first-order valence-electron chi connectivity index (χ1n) is 6.77. The van der Waals surface area contributed by atoms with Crippen molar-refractivity contribution in [2.75, 3.05) is 26.9 Å². The van der Waals surface area contributed by atoms with E-state index in [1.165, 1.54) is 0 Å². The average molecular weight is 266 g/mol. The molecule has 1 unspecified atom stereocenters. The van der Waals surface area contributed by atoms with E-state index in [1.807, 2.05) is 24.4 Å². The van der Waals surface area contributed by atoms with Gasteiger partial charge in [-0.15, -0.1) is 0 Å². The predicted molar refractivity (Wildman–Crippen MR) is 77.3 cm³/mol. The quantitative estimate of drug-likeness (QED) is 0.782. The lowest BCUT2D eigenvalue weighted by Crippen LogP contribution is -2.43. The molecule has 0 aromatic carbocycles. The highest BCUT2D eigenvalue weighted by Gasteiger charge is 2.14. The van der Waals surface area contributed by atoms with Crippen LogP contribution < -0.4 is 5.32 Å². The first-order chi connectivity index (χ1) is 9.01. The van der Waals surface area contributed by atoms with Crippen molar-refractivity contribution >= 4 is 0 Å². The van der Waals surface area contributed by atoms with E-state index in [4.69, 9.17) is 9.47 Å². The summed E-state index contributed by atoms with van der Waals surface area (Å²) < 4.78 is 11.0. The van der Waals surface area contributed by atoms with Crippen molar-refractivity contribution in [3.63, 3.8) is 0 Å². The molecule has 19 heavy (non-hydrogen) atoms. The number of ether oxygens (including phenoxy) is 2. The minimum Gasteiger partial charge on any atom is -0.382 e. The zero-order valence-corrected chi connectivity index (χ0v) is 12.5. The fourth-order valence-electron chi connectivity index (χ4n) is 1.65. The van der Waals surface area contributed by atoms with Crippen molar-refractivity contribution in [1.29, 1.82) is 0 Å². The Hall–Kier alpha value is -0.970. The number of hydrogen-bond acceptors (Lipinski definition) is 4. The molecule has 0 fully saturated rings. The third-order valence-corrected chi connectivity index (χ3v) is 2.65. The molecule has 0 bridgehead atoms. The van der Waals surface area contributed by atoms with Gasteiger partial charge in [-0.3, -0.25) is 4.98 Å². The van der Waals surface area contributed by atoms with Crippen LogP contribution in [0.2, 0.25) is 0 Å². The number of hydrogen-bond donors (Lipinski definition) is 1. The molecular weight excluding hydrogens is 240 g/mol. The molecule has 4 heteroatoms. The zero-order chi connectivity index (χ0) is 14.1. The molecule has 0 saturated heterocycles. The van der Waals surface area contributed by atoms with Gasteiger partial charge < -0.3 is 14.8 Å². The van der Waals surface area contributed by atoms with Crippen LogP contribution >= 0.6 is 0 Å². The summed E-state index contributed by atoms with van der Waals surface area (Å²) in [6.45, 7) is 8.49. The number of pyridine rings is 1. The van der Waals surface area contributed by atoms with E-state index >= 15 is 0 Å². The molecule has 0 aliphatic carbocycles. The van der Waals surface area contributed by atoms with E-state index in [2.05, 4.69) is 31.1 Å². The molecule has 1 heterocycles. The zero-order valence-electron chi connectivity index (χ0n) is 12.5. The van der Waals surface area contributed by atoms with Crippen LogP contribution in [0.15, 0.2) is 24.4 Å². The molecule has 4 nitrogen and oxygen atoms in total. The topological polar surface area (TPSA) is 43.4 Å². The average Bonchev–Trinajstić information content (AvgIpc) is 2.36. The number of nitrogens with one attached hydrogen (secondary N) is 1. The van der Waals surface area contributed by atoms with Gasteiger partial charge in [-0.05, 0) is 32.9 Å². The summed E-state index contributed by atoms with van der Waals surface area (Å²) in [5.41, 5.74) is 1.15. The maximum absolute atomic E-state index is 5.85. The highest BCUT2D eigenvalue weighted by Crippen LogP contribution is 2.02. The summed E-state index contributed by atoms with van der Waals surface area (Å²) in [5, 5.41) is 3.43. The molecule has 1 atom stereocenters. The fraction of sp³-hybridized carbons (Fsp3) is 0.667. The van der Waals surface area contributed by atoms with Crippen LogP contribution in [0.5, 0.6) is 0 Å². The highest BCUT2D eigenvalue weighted by molar-refractivity contribution is 5.03. The molecule has 0 radical (unpaired) electrons. The predicted octanol–water partition coefficient (Wildman–Crippen LogP) is 2.04. The summed E-state index contributed by atoms with van der Waals surface area (Å²) in [6, 6.07) is 5.93. The van der Waals surface area contributed by atoms with Gasteiger partial charge in [-0.25, -0.2) is 0 Å². The molecule has 0 aliphatic heterocycles. The molecule has 1 aromatic rings. The number of aromatic nitrogens is 1. The van der Waals surface area contributed by atoms with Crippen LogP contribution in [-0.2, 0) is 15.9 Å². The van der Waals surface area contributed by atoms with Gasteiger partial charge in [0.25, 0.3) is 0 Å². The first-order valence-corrected chi connectivity index (χ1v) is 6.77. The lowest BCUT2D eigenvalue weighted by molar-refractivity contribution is -0.00267. The smallest absolute Gasteiger partial charge is 0.0932 e. The maximum atomic E-state index is 5.85. The van der Waals surface area contributed by atoms with Crippen molar-refractivity contribution in [1.82, 2.24) is 10.3 Å². The molecule has 108 valence electrons. The van der Waals surface area contributed by atoms with Crippen LogP contribution in [0.4, 0.5) is 0 Å². The monoisotopic (exact) mass is 266 g/mol. The molecule has 0 amide bonds. The van der Waals surface area contributed by atoms with Gasteiger partial charge in [0.15, 0.2) is 0 Å². The second kappa shape index (κ2) is 8.25. The van der Waals surface area contributed by atoms with Crippen LogP contribution in [0.1, 0.15) is 26.5 Å². The van der Waals surface area contributed by atoms with Gasteiger partial charge in [0.1, 0.15) is 0 Å². The summed E-state index contributed by atoms with van der Waals surface area (Å²) >= 11 is 0. The molecule has 1 N–H and O–H groups in total. The Morgan fingerprint density at radius 2 is 2.11 bits per heavy atom. The van der Waals surface area contributed by atoms with Crippen molar-refractivity contribution in [2.45, 2.75) is 38.8 Å². The summed E-state index contributed by atoms with van der Waals surface area (Å²) in [6.07, 6.45) is 2.72. The van der Waals surface area contributed by atoms with E-state index in [9.17, 15) is 0 Å². The Kier molecular flexibility index (Phi) is 6.99. The van der Waals surface area contributed by atoms with E-state index in [0.717, 1.165) is 18.7 Å². The lowest BCUT2D eigenvalue weighted by atomic mass is 10.1. The number of rotatable bonds is 8. The van der Waals surface area contributed by atoms with Gasteiger partial charge in [0.2, 0.25) is 0 Å². The number of methoxy groups -OCH3 is 1. The highest BCUT2D eigenvalue weighted by atomic mass is 16.5. The van der Waals surface area contributed by atoms with Crippen LogP contribution in [-0.4, -0.2) is 43.5 Å². The normalized spacial score (nSPS) is 13.5. The number of nitrogens with zero attached hydrogens (tertiary/aromatic N) is 1. The maximum Gasteiger partial charge on any atom is 0.0932 e. The molecule has 1 aromatic heterocycles. The van der Waals surface area contributed by atoms with Gasteiger partial charge in [0, 0.05) is 37.5 Å². The second-order valence-corrected chi connectivity index (χ2v) is 5.65. The van der Waals surface area contributed by atoms with Crippen molar-refractivity contribution < 1.29 is 9.47 Å². The van der Waals surface area contributed by atoms with Gasteiger partial charge in [-0.2, -0.15) is 0 Å². The van der Waals surface area contributed by atoms with Gasteiger partial charge in [-0.1, -0.05) is 6.07 Å². The Morgan fingerprint density at radius 3 is 2.68 bits per heavy atom. The molecule has 1 rings (SSSR count). The minimum absolute atomic E-state index is 0.0768. The lowest BCUT2D eigenvalue weighted by Gasteiger charge is -2.25. The van der Waals surface area contributed by atoms with Crippen LogP contribution in [0.25, 0.3) is 0 Å². The SMILES string of the molecule is COCC(CNC(C)(C)C)OCCc1ccccn1. The van der Waals surface area contributed by atoms with Crippen molar-refractivity contribution in [3.8, 4) is 0 Å². The van der Waals surface area contributed by atoms with E-state index in [1.54, 1.807) is 7.11 Å². The van der Waals surface area contributed by atoms with Crippen LogP contribution in [0.3, 0.4) is 0 Å². The summed E-state index contributed by atoms with van der Waals surface area (Å²) in [4.78, 5) is 4.28. The Bertz CT molecular complexity index is 336. The summed E-state index contributed by atoms with van der Waals surface area (Å²) in [5.74, 6) is 0. The van der Waals surface area contributed by atoms with Gasteiger partial charge >= 0.3 is 0 Å². The summed E-state index contributed by atoms with van der Waals surface area (Å²) in [7, 11) is 1.70. The standard InChI is InChI=1S/C15H26N2O2/c1-15(2,3)17-11-14(12-18-4)19-10-8-13-7-5-6-9-16-13/h5-7,9,14,17H,8,10-12H2,1-4H3. The molecule has 0 saturated carbocycles. The molecule has 0 spiro atoms.